The van der Waals surface area contributed by atoms with E-state index in [4.69, 9.17) is 14.2 Å². The Bertz CT molecular complexity index is 1110. The molecule has 0 saturated carbocycles. The fraction of sp³-hybridized carbons (Fsp3) is 0.345. The smallest absolute Gasteiger partial charge is 0.214 e. The standard InChI is InChI=1S/C29H34N2O5/c1-34-28-11-5-6-12-29(28)36-24(15-14-22-8-3-2-4-9-22)19-30-18-23(33)20-35-27-13-7-10-26-25(27)16-17-31(26)21-32/h2-13,21,23-24,30,33H,14-20H2,1H3. The van der Waals surface area contributed by atoms with E-state index in [9.17, 15) is 9.90 Å². The fourth-order valence-corrected chi connectivity index (χ4v) is 4.40. The summed E-state index contributed by atoms with van der Waals surface area (Å²) in [5, 5.41) is 13.9. The molecular formula is C29H34N2O5. The summed E-state index contributed by atoms with van der Waals surface area (Å²) < 4.78 is 17.7. The van der Waals surface area contributed by atoms with Crippen LogP contribution in [0, 0.1) is 0 Å². The summed E-state index contributed by atoms with van der Waals surface area (Å²) in [5.74, 6) is 2.11. The van der Waals surface area contributed by atoms with Gasteiger partial charge in [0.1, 0.15) is 24.6 Å². The molecule has 2 atom stereocenters. The molecule has 7 heteroatoms. The van der Waals surface area contributed by atoms with Crippen LogP contribution < -0.4 is 24.4 Å². The first kappa shape index (κ1) is 25.5. The number of carbonyl (C=O) groups is 1. The zero-order chi connectivity index (χ0) is 25.2. The number of ether oxygens (including phenoxy) is 3. The Labute approximate surface area is 212 Å². The molecule has 0 saturated heterocycles. The van der Waals surface area contributed by atoms with Gasteiger partial charge in [-0.1, -0.05) is 48.5 Å². The summed E-state index contributed by atoms with van der Waals surface area (Å²) in [5.41, 5.74) is 3.14. The molecule has 4 rings (SSSR count). The molecule has 1 heterocycles. The number of benzene rings is 3. The van der Waals surface area contributed by atoms with Crippen LogP contribution in [0.1, 0.15) is 17.5 Å². The maximum absolute atomic E-state index is 11.2. The quantitative estimate of drug-likeness (QED) is 0.336. The van der Waals surface area contributed by atoms with Crippen molar-refractivity contribution in [3.8, 4) is 17.2 Å². The largest absolute Gasteiger partial charge is 0.493 e. The molecule has 1 amide bonds. The van der Waals surface area contributed by atoms with E-state index >= 15 is 0 Å². The van der Waals surface area contributed by atoms with Crippen molar-refractivity contribution >= 4 is 12.1 Å². The van der Waals surface area contributed by atoms with Crippen LogP contribution in [0.3, 0.4) is 0 Å². The average Bonchev–Trinajstić information content (AvgIpc) is 3.35. The van der Waals surface area contributed by atoms with E-state index in [2.05, 4.69) is 17.4 Å². The molecule has 1 aliphatic heterocycles. The topological polar surface area (TPSA) is 80.3 Å². The van der Waals surface area contributed by atoms with Gasteiger partial charge >= 0.3 is 0 Å². The van der Waals surface area contributed by atoms with Crippen molar-refractivity contribution in [3.63, 3.8) is 0 Å². The Morgan fingerprint density at radius 2 is 1.72 bits per heavy atom. The predicted octanol–water partition coefficient (Wildman–Crippen LogP) is 3.62. The number of aliphatic hydroxyl groups excluding tert-OH is 1. The Kier molecular flexibility index (Phi) is 9.19. The molecule has 0 aliphatic carbocycles. The van der Waals surface area contributed by atoms with Gasteiger partial charge in [0.15, 0.2) is 11.5 Å². The Balaban J connectivity index is 1.30. The van der Waals surface area contributed by atoms with Crippen molar-refractivity contribution < 1.29 is 24.1 Å². The number of aryl methyl sites for hydroxylation is 1. The first-order valence-corrected chi connectivity index (χ1v) is 12.4. The SMILES string of the molecule is COc1ccccc1OC(CCc1ccccc1)CNCC(O)COc1cccc2c1CCN2C=O. The van der Waals surface area contributed by atoms with Gasteiger partial charge < -0.3 is 29.5 Å². The molecule has 0 radical (unpaired) electrons. The summed E-state index contributed by atoms with van der Waals surface area (Å²) in [6.45, 7) is 1.75. The van der Waals surface area contributed by atoms with E-state index in [0.29, 0.717) is 31.1 Å². The Morgan fingerprint density at radius 1 is 0.972 bits per heavy atom. The maximum atomic E-state index is 11.2. The first-order valence-electron chi connectivity index (χ1n) is 12.4. The summed E-state index contributed by atoms with van der Waals surface area (Å²) in [6.07, 6.45) is 2.49. The van der Waals surface area contributed by atoms with Gasteiger partial charge in [-0.25, -0.2) is 0 Å². The number of hydrogen-bond acceptors (Lipinski definition) is 6. The van der Waals surface area contributed by atoms with Gasteiger partial charge in [-0.2, -0.15) is 0 Å². The zero-order valence-electron chi connectivity index (χ0n) is 20.6. The van der Waals surface area contributed by atoms with Gasteiger partial charge in [0, 0.05) is 25.2 Å². The molecule has 3 aromatic rings. The van der Waals surface area contributed by atoms with Gasteiger partial charge in [-0.05, 0) is 49.1 Å². The highest BCUT2D eigenvalue weighted by molar-refractivity contribution is 5.81. The number of carbonyl (C=O) groups excluding carboxylic acids is 1. The van der Waals surface area contributed by atoms with Crippen molar-refractivity contribution in [2.75, 3.05) is 38.3 Å². The lowest BCUT2D eigenvalue weighted by atomic mass is 10.1. The minimum absolute atomic E-state index is 0.110. The highest BCUT2D eigenvalue weighted by Gasteiger charge is 2.22. The monoisotopic (exact) mass is 490 g/mol. The molecule has 0 spiro atoms. The molecule has 7 nitrogen and oxygen atoms in total. The molecule has 190 valence electrons. The second-order valence-corrected chi connectivity index (χ2v) is 8.84. The highest BCUT2D eigenvalue weighted by Crippen LogP contribution is 2.34. The van der Waals surface area contributed by atoms with Gasteiger partial charge in [0.25, 0.3) is 0 Å². The number of nitrogens with zero attached hydrogens (tertiary/aromatic N) is 1. The molecule has 0 aromatic heterocycles. The second kappa shape index (κ2) is 13.0. The molecule has 0 bridgehead atoms. The number of rotatable bonds is 14. The lowest BCUT2D eigenvalue weighted by Gasteiger charge is -2.22. The first-order chi connectivity index (χ1) is 17.7. The summed E-state index contributed by atoms with van der Waals surface area (Å²) >= 11 is 0. The number of hydrogen-bond donors (Lipinski definition) is 2. The van der Waals surface area contributed by atoms with E-state index in [1.807, 2.05) is 60.7 Å². The number of amides is 1. The lowest BCUT2D eigenvalue weighted by Crippen LogP contribution is -2.38. The van der Waals surface area contributed by atoms with E-state index in [1.165, 1.54) is 5.56 Å². The van der Waals surface area contributed by atoms with Gasteiger partial charge in [-0.15, -0.1) is 0 Å². The minimum Gasteiger partial charge on any atom is -0.493 e. The summed E-state index contributed by atoms with van der Waals surface area (Å²) in [7, 11) is 1.63. The van der Waals surface area contributed by atoms with Crippen LogP contribution in [-0.2, 0) is 17.6 Å². The number of anilines is 1. The zero-order valence-corrected chi connectivity index (χ0v) is 20.6. The number of fused-ring (bicyclic) bond motifs is 1. The molecule has 1 aliphatic rings. The number of para-hydroxylation sites is 2. The van der Waals surface area contributed by atoms with Crippen LogP contribution in [0.2, 0.25) is 0 Å². The molecule has 2 N–H and O–H groups in total. The second-order valence-electron chi connectivity index (χ2n) is 8.84. The molecule has 36 heavy (non-hydrogen) atoms. The van der Waals surface area contributed by atoms with Gasteiger partial charge in [0.2, 0.25) is 6.41 Å². The van der Waals surface area contributed by atoms with Gasteiger partial charge in [-0.3, -0.25) is 4.79 Å². The van der Waals surface area contributed by atoms with Gasteiger partial charge in [0.05, 0.1) is 12.8 Å². The van der Waals surface area contributed by atoms with Crippen LogP contribution in [-0.4, -0.2) is 57.1 Å². The van der Waals surface area contributed by atoms with Crippen molar-refractivity contribution in [1.29, 1.82) is 0 Å². The summed E-state index contributed by atoms with van der Waals surface area (Å²) in [6, 6.07) is 23.6. The van der Waals surface area contributed by atoms with Crippen molar-refractivity contribution in [2.45, 2.75) is 31.5 Å². The van der Waals surface area contributed by atoms with E-state index in [0.717, 1.165) is 42.7 Å². The maximum Gasteiger partial charge on any atom is 0.214 e. The predicted molar refractivity (Wildman–Crippen MR) is 140 cm³/mol. The third kappa shape index (κ3) is 6.77. The van der Waals surface area contributed by atoms with E-state index < -0.39 is 6.10 Å². The van der Waals surface area contributed by atoms with Crippen molar-refractivity contribution in [3.05, 3.63) is 83.9 Å². The van der Waals surface area contributed by atoms with Crippen molar-refractivity contribution in [2.24, 2.45) is 0 Å². The third-order valence-electron chi connectivity index (χ3n) is 6.29. The minimum atomic E-state index is -0.689. The molecule has 2 unspecified atom stereocenters. The third-order valence-corrected chi connectivity index (χ3v) is 6.29. The summed E-state index contributed by atoms with van der Waals surface area (Å²) in [4.78, 5) is 12.9. The van der Waals surface area contributed by atoms with E-state index in [-0.39, 0.29) is 12.7 Å². The fourth-order valence-electron chi connectivity index (χ4n) is 4.40. The highest BCUT2D eigenvalue weighted by atomic mass is 16.5. The molecule has 0 fully saturated rings. The normalized spacial score (nSPS) is 14.1. The van der Waals surface area contributed by atoms with E-state index in [1.54, 1.807) is 12.0 Å². The number of aliphatic hydroxyl groups is 1. The number of methoxy groups -OCH3 is 1. The van der Waals surface area contributed by atoms with Crippen molar-refractivity contribution in [1.82, 2.24) is 5.32 Å². The van der Waals surface area contributed by atoms with Crippen LogP contribution >= 0.6 is 0 Å². The Morgan fingerprint density at radius 3 is 2.50 bits per heavy atom. The molecular weight excluding hydrogens is 456 g/mol. The Hall–Kier alpha value is -3.55. The number of nitrogens with one attached hydrogen (secondary N) is 1. The molecule has 3 aromatic carbocycles. The average molecular weight is 491 g/mol. The van der Waals surface area contributed by atoms with Crippen LogP contribution in [0.5, 0.6) is 17.2 Å². The van der Waals surface area contributed by atoms with Crippen LogP contribution in [0.25, 0.3) is 0 Å². The van der Waals surface area contributed by atoms with Crippen LogP contribution in [0.4, 0.5) is 5.69 Å². The lowest BCUT2D eigenvalue weighted by molar-refractivity contribution is -0.107. The van der Waals surface area contributed by atoms with Crippen LogP contribution in [0.15, 0.2) is 72.8 Å².